The predicted molar refractivity (Wildman–Crippen MR) is 86.5 cm³/mol. The van der Waals surface area contributed by atoms with Crippen molar-refractivity contribution >= 4 is 17.6 Å². The maximum absolute atomic E-state index is 5.82. The Morgan fingerprint density at radius 3 is 2.95 bits per heavy atom. The third kappa shape index (κ3) is 3.37. The number of nitrogens with one attached hydrogen (secondary N) is 2. The monoisotopic (exact) mass is 290 g/mol. The van der Waals surface area contributed by atoms with E-state index in [9.17, 15) is 0 Å². The maximum Gasteiger partial charge on any atom is 0.223 e. The van der Waals surface area contributed by atoms with Crippen molar-refractivity contribution in [3.8, 4) is 0 Å². The van der Waals surface area contributed by atoms with Crippen LogP contribution in [0.5, 0.6) is 0 Å². The zero-order valence-corrected chi connectivity index (χ0v) is 12.8. The third-order valence-corrected chi connectivity index (χ3v) is 4.49. The van der Waals surface area contributed by atoms with E-state index >= 15 is 0 Å². The van der Waals surface area contributed by atoms with Crippen molar-refractivity contribution in [3.05, 3.63) is 6.07 Å². The molecule has 0 amide bonds. The Hall–Kier alpha value is -1.56. The van der Waals surface area contributed by atoms with Gasteiger partial charge in [0.05, 0.1) is 0 Å². The van der Waals surface area contributed by atoms with Crippen molar-refractivity contribution in [3.63, 3.8) is 0 Å². The van der Waals surface area contributed by atoms with Gasteiger partial charge in [0.15, 0.2) is 0 Å². The third-order valence-electron chi connectivity index (χ3n) is 4.49. The molecule has 21 heavy (non-hydrogen) atoms. The molecule has 6 nitrogen and oxygen atoms in total. The van der Waals surface area contributed by atoms with E-state index in [4.69, 9.17) is 5.73 Å². The normalized spacial score (nSPS) is 25.6. The van der Waals surface area contributed by atoms with Crippen LogP contribution in [0.4, 0.5) is 17.6 Å². The van der Waals surface area contributed by atoms with Crippen LogP contribution >= 0.6 is 0 Å². The van der Waals surface area contributed by atoms with Crippen LogP contribution in [-0.4, -0.2) is 46.6 Å². The molecule has 6 heteroatoms. The quantitative estimate of drug-likeness (QED) is 0.769. The van der Waals surface area contributed by atoms with Crippen LogP contribution in [0.1, 0.15) is 39.0 Å². The summed E-state index contributed by atoms with van der Waals surface area (Å²) in [6.45, 7) is 5.48. The average Bonchev–Trinajstić information content (AvgIpc) is 2.88. The minimum Gasteiger partial charge on any atom is -0.370 e. The highest BCUT2D eigenvalue weighted by Gasteiger charge is 2.35. The molecule has 2 aliphatic heterocycles. The molecule has 1 aromatic heterocycles. The highest BCUT2D eigenvalue weighted by Crippen LogP contribution is 2.29. The lowest BCUT2D eigenvalue weighted by Gasteiger charge is -2.32. The fourth-order valence-corrected chi connectivity index (χ4v) is 3.49. The second kappa shape index (κ2) is 6.47. The van der Waals surface area contributed by atoms with E-state index in [0.29, 0.717) is 18.0 Å². The van der Waals surface area contributed by atoms with Gasteiger partial charge in [0.1, 0.15) is 11.6 Å². The molecule has 2 unspecified atom stereocenters. The molecule has 2 fully saturated rings. The number of nitrogen functional groups attached to an aromatic ring is 1. The van der Waals surface area contributed by atoms with Crippen molar-refractivity contribution in [2.75, 3.05) is 36.0 Å². The number of hydrogen-bond acceptors (Lipinski definition) is 6. The molecule has 0 bridgehead atoms. The highest BCUT2D eigenvalue weighted by molar-refractivity contribution is 5.51. The number of fused-ring (bicyclic) bond motifs is 1. The van der Waals surface area contributed by atoms with E-state index in [1.807, 2.05) is 6.07 Å². The lowest BCUT2D eigenvalue weighted by Crippen LogP contribution is -2.41. The zero-order chi connectivity index (χ0) is 14.7. The Morgan fingerprint density at radius 2 is 2.10 bits per heavy atom. The summed E-state index contributed by atoms with van der Waals surface area (Å²) in [5.74, 6) is 1.99. The summed E-state index contributed by atoms with van der Waals surface area (Å²) in [5.41, 5.74) is 5.82. The lowest BCUT2D eigenvalue weighted by molar-refractivity contribution is 0.192. The zero-order valence-electron chi connectivity index (χ0n) is 12.8. The highest BCUT2D eigenvalue weighted by atomic mass is 15.2. The molecule has 0 aliphatic carbocycles. The molecule has 3 rings (SSSR count). The van der Waals surface area contributed by atoms with Crippen LogP contribution in [0, 0.1) is 0 Å². The average molecular weight is 290 g/mol. The summed E-state index contributed by atoms with van der Waals surface area (Å²) in [6.07, 6.45) is 6.22. The first-order valence-electron chi connectivity index (χ1n) is 8.15. The van der Waals surface area contributed by atoms with Crippen LogP contribution in [0.2, 0.25) is 0 Å². The van der Waals surface area contributed by atoms with Gasteiger partial charge in [-0.1, -0.05) is 13.3 Å². The van der Waals surface area contributed by atoms with E-state index in [0.717, 1.165) is 24.6 Å². The Morgan fingerprint density at radius 1 is 1.24 bits per heavy atom. The summed E-state index contributed by atoms with van der Waals surface area (Å²) in [5, 5.41) is 6.86. The number of hydrogen-bond donors (Lipinski definition) is 3. The first kappa shape index (κ1) is 14.4. The van der Waals surface area contributed by atoms with Gasteiger partial charge in [-0.05, 0) is 32.2 Å². The predicted octanol–water partition coefficient (Wildman–Crippen LogP) is 1.92. The fourth-order valence-electron chi connectivity index (χ4n) is 3.49. The van der Waals surface area contributed by atoms with Crippen molar-refractivity contribution < 1.29 is 0 Å². The molecule has 116 valence electrons. The molecule has 1 aromatic rings. The van der Waals surface area contributed by atoms with Gasteiger partial charge in [-0.3, -0.25) is 4.90 Å². The van der Waals surface area contributed by atoms with E-state index < -0.39 is 0 Å². The first-order valence-corrected chi connectivity index (χ1v) is 8.15. The van der Waals surface area contributed by atoms with Gasteiger partial charge < -0.3 is 16.4 Å². The van der Waals surface area contributed by atoms with Crippen molar-refractivity contribution in [1.82, 2.24) is 14.9 Å². The number of piperidine rings is 1. The summed E-state index contributed by atoms with van der Waals surface area (Å²) in [6, 6.07) is 3.11. The van der Waals surface area contributed by atoms with Gasteiger partial charge in [-0.2, -0.15) is 9.97 Å². The minimum atomic E-state index is 0.331. The minimum absolute atomic E-state index is 0.331. The van der Waals surface area contributed by atoms with Gasteiger partial charge in [0, 0.05) is 31.2 Å². The van der Waals surface area contributed by atoms with Gasteiger partial charge in [0.25, 0.3) is 0 Å². The number of aromatic nitrogens is 2. The Kier molecular flexibility index (Phi) is 4.43. The number of nitrogens with two attached hydrogens (primary N) is 1. The lowest BCUT2D eigenvalue weighted by atomic mass is 9.99. The molecule has 4 N–H and O–H groups in total. The molecule has 2 saturated heterocycles. The van der Waals surface area contributed by atoms with Crippen LogP contribution in [0.3, 0.4) is 0 Å². The summed E-state index contributed by atoms with van der Waals surface area (Å²) in [7, 11) is 0. The Bertz CT molecular complexity index is 477. The summed E-state index contributed by atoms with van der Waals surface area (Å²) < 4.78 is 0. The topological polar surface area (TPSA) is 79.1 Å². The smallest absolute Gasteiger partial charge is 0.223 e. The number of rotatable bonds is 5. The summed E-state index contributed by atoms with van der Waals surface area (Å²) in [4.78, 5) is 11.2. The van der Waals surface area contributed by atoms with Gasteiger partial charge in [0.2, 0.25) is 5.95 Å². The number of nitrogens with zero attached hydrogens (tertiary/aromatic N) is 3. The van der Waals surface area contributed by atoms with Crippen LogP contribution in [0.25, 0.3) is 0 Å². The molecule has 0 radical (unpaired) electrons. The van der Waals surface area contributed by atoms with E-state index in [2.05, 4.69) is 32.4 Å². The van der Waals surface area contributed by atoms with Crippen molar-refractivity contribution in [2.24, 2.45) is 0 Å². The summed E-state index contributed by atoms with van der Waals surface area (Å²) >= 11 is 0. The molecular weight excluding hydrogens is 264 g/mol. The van der Waals surface area contributed by atoms with Crippen LogP contribution in [-0.2, 0) is 0 Å². The standard InChI is InChI=1S/C15H26N6/c1-2-7-17-13-10-14(20-15(16)19-13)18-11-6-9-21-8-4-3-5-12(11)21/h10-12H,2-9H2,1H3,(H4,16,17,18,19,20). The fraction of sp³-hybridized carbons (Fsp3) is 0.733. The van der Waals surface area contributed by atoms with Crippen LogP contribution in [0.15, 0.2) is 6.07 Å². The molecule has 0 saturated carbocycles. The molecular formula is C15H26N6. The maximum atomic E-state index is 5.82. The van der Waals surface area contributed by atoms with E-state index in [-0.39, 0.29) is 0 Å². The Labute approximate surface area is 126 Å². The Balaban J connectivity index is 1.68. The van der Waals surface area contributed by atoms with Gasteiger partial charge in [-0.25, -0.2) is 0 Å². The number of anilines is 3. The van der Waals surface area contributed by atoms with Gasteiger partial charge >= 0.3 is 0 Å². The van der Waals surface area contributed by atoms with Crippen molar-refractivity contribution in [2.45, 2.75) is 51.1 Å². The van der Waals surface area contributed by atoms with Gasteiger partial charge in [-0.15, -0.1) is 0 Å². The SMILES string of the molecule is CCCNc1cc(NC2CCN3CCCCC23)nc(N)n1. The second-order valence-corrected chi connectivity index (χ2v) is 6.06. The van der Waals surface area contributed by atoms with Crippen molar-refractivity contribution in [1.29, 1.82) is 0 Å². The molecule has 2 aliphatic rings. The largest absolute Gasteiger partial charge is 0.370 e. The molecule has 3 heterocycles. The second-order valence-electron chi connectivity index (χ2n) is 6.06. The first-order chi connectivity index (χ1) is 10.3. The molecule has 0 aromatic carbocycles. The molecule has 2 atom stereocenters. The van der Waals surface area contributed by atoms with E-state index in [1.54, 1.807) is 0 Å². The molecule has 0 spiro atoms. The van der Waals surface area contributed by atoms with E-state index in [1.165, 1.54) is 38.8 Å². The van der Waals surface area contributed by atoms with Crippen LogP contribution < -0.4 is 16.4 Å².